The number of hydrogen-bond donors (Lipinski definition) is 3. The summed E-state index contributed by atoms with van der Waals surface area (Å²) in [5, 5.41) is 9.02. The van der Waals surface area contributed by atoms with Crippen molar-refractivity contribution in [1.29, 1.82) is 0 Å². The summed E-state index contributed by atoms with van der Waals surface area (Å²) in [6.45, 7) is 6.71. The summed E-state index contributed by atoms with van der Waals surface area (Å²) in [6.07, 6.45) is 22.6. The number of carbonyl (C=O) groups excluding carboxylic acids is 2. The molecule has 0 rings (SSSR count). The molecule has 6 nitrogen and oxygen atoms in total. The molecule has 38 heavy (non-hydrogen) atoms. The van der Waals surface area contributed by atoms with Crippen molar-refractivity contribution >= 4 is 33.4 Å². The lowest BCUT2D eigenvalue weighted by atomic mass is 10.0. The van der Waals surface area contributed by atoms with Crippen LogP contribution >= 0.6 is 21.6 Å². The lowest BCUT2D eigenvalue weighted by Crippen LogP contribution is -2.27. The summed E-state index contributed by atoms with van der Waals surface area (Å²) in [6, 6.07) is 0. The first kappa shape index (κ1) is 37.6. The number of amides is 2. The third-order valence-corrected chi connectivity index (χ3v) is 9.17. The maximum Gasteiger partial charge on any atom is 0.220 e. The van der Waals surface area contributed by atoms with Gasteiger partial charge in [-0.15, -0.1) is 0 Å². The zero-order valence-electron chi connectivity index (χ0n) is 25.3. The van der Waals surface area contributed by atoms with E-state index in [4.69, 9.17) is 0 Å². The third-order valence-electron chi connectivity index (χ3n) is 6.77. The fourth-order valence-electron chi connectivity index (χ4n) is 4.38. The number of nitrogens with one attached hydrogen (secondary N) is 3. The Kier molecular flexibility index (Phi) is 30.7. The van der Waals surface area contributed by atoms with Crippen molar-refractivity contribution in [1.82, 2.24) is 20.9 Å². The Morgan fingerprint density at radius 3 is 1.47 bits per heavy atom. The number of carbonyl (C=O) groups is 2. The van der Waals surface area contributed by atoms with E-state index in [9.17, 15) is 9.59 Å². The van der Waals surface area contributed by atoms with Crippen LogP contribution in [0.5, 0.6) is 0 Å². The summed E-state index contributed by atoms with van der Waals surface area (Å²) in [5.74, 6) is 2.07. The van der Waals surface area contributed by atoms with Crippen LogP contribution in [0.2, 0.25) is 0 Å². The second-order valence-electron chi connectivity index (χ2n) is 10.6. The molecule has 0 radical (unpaired) electrons. The molecule has 0 saturated carbocycles. The zero-order chi connectivity index (χ0) is 27.9. The molecule has 0 spiro atoms. The maximum absolute atomic E-state index is 12.0. The average molecular weight is 575 g/mol. The van der Waals surface area contributed by atoms with Crippen molar-refractivity contribution in [3.8, 4) is 0 Å². The largest absolute Gasteiger partial charge is 0.355 e. The van der Waals surface area contributed by atoms with E-state index in [0.29, 0.717) is 25.9 Å². The first-order valence-electron chi connectivity index (χ1n) is 15.7. The predicted molar refractivity (Wildman–Crippen MR) is 171 cm³/mol. The SMILES string of the molecule is CCCCCCCCCCCCCCCCN(C)CCCC(=O)NCCSSCCNC(=O)CCCNC. The van der Waals surface area contributed by atoms with E-state index >= 15 is 0 Å². The highest BCUT2D eigenvalue weighted by molar-refractivity contribution is 8.76. The molecular weight excluding hydrogens is 512 g/mol. The van der Waals surface area contributed by atoms with Gasteiger partial charge in [-0.3, -0.25) is 9.59 Å². The van der Waals surface area contributed by atoms with Crippen LogP contribution in [0.4, 0.5) is 0 Å². The van der Waals surface area contributed by atoms with Gasteiger partial charge in [-0.2, -0.15) is 0 Å². The highest BCUT2D eigenvalue weighted by Crippen LogP contribution is 2.19. The predicted octanol–water partition coefficient (Wildman–Crippen LogP) is 6.79. The van der Waals surface area contributed by atoms with Gasteiger partial charge in [0.1, 0.15) is 0 Å². The van der Waals surface area contributed by atoms with Gasteiger partial charge < -0.3 is 20.9 Å². The smallest absolute Gasteiger partial charge is 0.220 e. The Labute approximate surface area is 244 Å². The Bertz CT molecular complexity index is 526. The number of hydrogen-bond acceptors (Lipinski definition) is 6. The summed E-state index contributed by atoms with van der Waals surface area (Å²) >= 11 is 0. The zero-order valence-corrected chi connectivity index (χ0v) is 26.9. The Morgan fingerprint density at radius 2 is 1.00 bits per heavy atom. The normalized spacial score (nSPS) is 11.3. The summed E-state index contributed by atoms with van der Waals surface area (Å²) in [4.78, 5) is 26.0. The second kappa shape index (κ2) is 31.1. The average Bonchev–Trinajstić information content (AvgIpc) is 2.90. The molecule has 0 aromatic heterocycles. The molecule has 0 aliphatic carbocycles. The van der Waals surface area contributed by atoms with Crippen LogP contribution in [0.15, 0.2) is 0 Å². The molecule has 0 atom stereocenters. The molecule has 0 aromatic carbocycles. The van der Waals surface area contributed by atoms with Crippen molar-refractivity contribution in [2.45, 2.75) is 122 Å². The minimum atomic E-state index is 0.128. The van der Waals surface area contributed by atoms with Crippen LogP contribution in [-0.4, -0.2) is 75.0 Å². The maximum atomic E-state index is 12.0. The van der Waals surface area contributed by atoms with E-state index in [1.54, 1.807) is 21.6 Å². The molecule has 8 heteroatoms. The van der Waals surface area contributed by atoms with Crippen molar-refractivity contribution in [2.75, 3.05) is 58.3 Å². The molecule has 2 amide bonds. The molecular formula is C30H62N4O2S2. The molecule has 0 heterocycles. The first-order valence-corrected chi connectivity index (χ1v) is 18.2. The minimum Gasteiger partial charge on any atom is -0.355 e. The Hall–Kier alpha value is -0.440. The van der Waals surface area contributed by atoms with Crippen LogP contribution in [0, 0.1) is 0 Å². The van der Waals surface area contributed by atoms with Gasteiger partial charge in [0.2, 0.25) is 11.8 Å². The van der Waals surface area contributed by atoms with Crippen molar-refractivity contribution < 1.29 is 9.59 Å². The van der Waals surface area contributed by atoms with Crippen molar-refractivity contribution in [3.63, 3.8) is 0 Å². The van der Waals surface area contributed by atoms with Gasteiger partial charge in [-0.05, 0) is 53.0 Å². The number of nitrogens with zero attached hydrogens (tertiary/aromatic N) is 1. The Balaban J connectivity index is 3.33. The molecule has 3 N–H and O–H groups in total. The van der Waals surface area contributed by atoms with Crippen LogP contribution in [0.1, 0.15) is 122 Å². The van der Waals surface area contributed by atoms with Crippen LogP contribution < -0.4 is 16.0 Å². The first-order chi connectivity index (χ1) is 18.6. The molecule has 226 valence electrons. The van der Waals surface area contributed by atoms with Gasteiger partial charge in [0, 0.05) is 37.4 Å². The highest BCUT2D eigenvalue weighted by atomic mass is 33.1. The highest BCUT2D eigenvalue weighted by Gasteiger charge is 2.04. The Morgan fingerprint density at radius 1 is 0.579 bits per heavy atom. The quantitative estimate of drug-likeness (QED) is 0.0648. The lowest BCUT2D eigenvalue weighted by Gasteiger charge is -2.16. The monoisotopic (exact) mass is 574 g/mol. The van der Waals surface area contributed by atoms with Gasteiger partial charge in [0.05, 0.1) is 0 Å². The molecule has 0 aromatic rings. The fourth-order valence-corrected chi connectivity index (χ4v) is 6.20. The van der Waals surface area contributed by atoms with Gasteiger partial charge >= 0.3 is 0 Å². The van der Waals surface area contributed by atoms with E-state index < -0.39 is 0 Å². The number of rotatable bonds is 30. The topological polar surface area (TPSA) is 73.5 Å². The summed E-state index contributed by atoms with van der Waals surface area (Å²) < 4.78 is 0. The summed E-state index contributed by atoms with van der Waals surface area (Å²) in [5.41, 5.74) is 0. The van der Waals surface area contributed by atoms with Gasteiger partial charge in [-0.1, -0.05) is 112 Å². The lowest BCUT2D eigenvalue weighted by molar-refractivity contribution is -0.121. The minimum absolute atomic E-state index is 0.128. The second-order valence-corrected chi connectivity index (χ2v) is 13.3. The third kappa shape index (κ3) is 30.1. The van der Waals surface area contributed by atoms with Crippen LogP contribution in [0.3, 0.4) is 0 Å². The molecule has 0 bridgehead atoms. The van der Waals surface area contributed by atoms with E-state index in [2.05, 4.69) is 34.8 Å². The standard InChI is InChI=1S/C30H62N4O2S2/c1-4-5-6-7-8-9-10-11-12-13-14-15-16-17-25-34(3)26-19-21-30(36)33-24-28-38-37-27-23-32-29(35)20-18-22-31-2/h31H,4-28H2,1-3H3,(H,32,35)(H,33,36). The van der Waals surface area contributed by atoms with Crippen LogP contribution in [0.25, 0.3) is 0 Å². The van der Waals surface area contributed by atoms with Crippen molar-refractivity contribution in [3.05, 3.63) is 0 Å². The molecule has 0 unspecified atom stereocenters. The molecule has 0 saturated heterocycles. The van der Waals surface area contributed by atoms with Crippen molar-refractivity contribution in [2.24, 2.45) is 0 Å². The molecule has 0 aliphatic heterocycles. The molecule has 0 aliphatic rings. The fraction of sp³-hybridized carbons (Fsp3) is 0.933. The number of unbranched alkanes of at least 4 members (excludes halogenated alkanes) is 13. The van der Waals surface area contributed by atoms with Crippen LogP contribution in [-0.2, 0) is 9.59 Å². The molecule has 0 fully saturated rings. The van der Waals surface area contributed by atoms with Gasteiger partial charge in [0.25, 0.3) is 0 Å². The van der Waals surface area contributed by atoms with E-state index in [-0.39, 0.29) is 11.8 Å². The van der Waals surface area contributed by atoms with E-state index in [1.165, 1.54) is 89.9 Å². The van der Waals surface area contributed by atoms with E-state index in [0.717, 1.165) is 44.0 Å². The van der Waals surface area contributed by atoms with E-state index in [1.807, 2.05) is 7.05 Å². The van der Waals surface area contributed by atoms with Gasteiger partial charge in [-0.25, -0.2) is 0 Å². The summed E-state index contributed by atoms with van der Waals surface area (Å²) in [7, 11) is 7.58. The van der Waals surface area contributed by atoms with Gasteiger partial charge in [0.15, 0.2) is 0 Å².